The maximum absolute atomic E-state index is 12.5. The Morgan fingerprint density at radius 2 is 1.90 bits per heavy atom. The van der Waals surface area contributed by atoms with E-state index in [9.17, 15) is 19.2 Å². The molecule has 1 unspecified atom stereocenters. The quantitative estimate of drug-likeness (QED) is 0.524. The van der Waals surface area contributed by atoms with Crippen molar-refractivity contribution < 1.29 is 19.5 Å². The SMILES string of the molecule is Cc1ccc2c(CC(=O)NC(C)C(=O)NCC3CCC(C(=O)O)CC3)n[nH]c(=O)c2c1. The number of aromatic amines is 1. The van der Waals surface area contributed by atoms with E-state index >= 15 is 0 Å². The smallest absolute Gasteiger partial charge is 0.306 e. The van der Waals surface area contributed by atoms with Gasteiger partial charge in [-0.25, -0.2) is 5.10 Å². The summed E-state index contributed by atoms with van der Waals surface area (Å²) in [5, 5.41) is 22.1. The van der Waals surface area contributed by atoms with Gasteiger partial charge in [-0.1, -0.05) is 17.7 Å². The highest BCUT2D eigenvalue weighted by molar-refractivity contribution is 5.91. The van der Waals surface area contributed by atoms with Crippen LogP contribution in [0.1, 0.15) is 43.9 Å². The van der Waals surface area contributed by atoms with E-state index in [4.69, 9.17) is 5.11 Å². The van der Waals surface area contributed by atoms with Gasteiger partial charge in [-0.2, -0.15) is 5.10 Å². The number of carbonyl (C=O) groups is 3. The molecule has 1 fully saturated rings. The summed E-state index contributed by atoms with van der Waals surface area (Å²) in [5.41, 5.74) is 1.06. The fraction of sp³-hybridized carbons (Fsp3) is 0.500. The summed E-state index contributed by atoms with van der Waals surface area (Å²) in [6, 6.07) is 4.64. The third-order valence-electron chi connectivity index (χ3n) is 5.88. The molecule has 2 amide bonds. The molecule has 31 heavy (non-hydrogen) atoms. The van der Waals surface area contributed by atoms with Gasteiger partial charge >= 0.3 is 5.97 Å². The molecule has 0 saturated heterocycles. The van der Waals surface area contributed by atoms with Crippen LogP contribution < -0.4 is 16.2 Å². The first kappa shape index (κ1) is 22.5. The Labute approximate surface area is 179 Å². The number of H-pyrrole nitrogens is 1. The van der Waals surface area contributed by atoms with Crippen LogP contribution in [-0.2, 0) is 20.8 Å². The van der Waals surface area contributed by atoms with Crippen LogP contribution >= 0.6 is 0 Å². The van der Waals surface area contributed by atoms with Gasteiger partial charge in [0.1, 0.15) is 6.04 Å². The van der Waals surface area contributed by atoms with Crippen molar-refractivity contribution in [2.45, 2.75) is 52.0 Å². The van der Waals surface area contributed by atoms with Crippen LogP contribution in [-0.4, -0.2) is 45.7 Å². The fourth-order valence-electron chi connectivity index (χ4n) is 3.99. The van der Waals surface area contributed by atoms with E-state index in [1.165, 1.54) is 0 Å². The van der Waals surface area contributed by atoms with Crippen molar-refractivity contribution in [1.29, 1.82) is 0 Å². The Morgan fingerprint density at radius 1 is 1.19 bits per heavy atom. The van der Waals surface area contributed by atoms with Crippen LogP contribution in [0.3, 0.4) is 0 Å². The number of nitrogens with zero attached hydrogens (tertiary/aromatic N) is 1. The van der Waals surface area contributed by atoms with Crippen LogP contribution in [0.25, 0.3) is 10.8 Å². The molecule has 1 heterocycles. The number of aliphatic carboxylic acids is 1. The standard InChI is InChI=1S/C22H28N4O5/c1-12-3-8-16-17(9-12)21(29)26-25-18(16)10-19(27)24-13(2)20(28)23-11-14-4-6-15(7-5-14)22(30)31/h3,8-9,13-15H,4-7,10-11H2,1-2H3,(H,23,28)(H,24,27)(H,26,29)(H,30,31). The highest BCUT2D eigenvalue weighted by Gasteiger charge is 2.26. The summed E-state index contributed by atoms with van der Waals surface area (Å²) in [6.45, 7) is 3.96. The van der Waals surface area contributed by atoms with Gasteiger partial charge in [0.2, 0.25) is 11.8 Å². The van der Waals surface area contributed by atoms with Gasteiger partial charge in [0.15, 0.2) is 0 Å². The number of carboxylic acids is 1. The van der Waals surface area contributed by atoms with Crippen molar-refractivity contribution in [3.8, 4) is 0 Å². The molecule has 2 aromatic rings. The molecule has 1 aromatic carbocycles. The van der Waals surface area contributed by atoms with Gasteiger partial charge in [-0.15, -0.1) is 0 Å². The molecule has 0 aliphatic heterocycles. The minimum atomic E-state index is -0.751. The molecule has 0 radical (unpaired) electrons. The van der Waals surface area contributed by atoms with Crippen molar-refractivity contribution in [3.63, 3.8) is 0 Å². The van der Waals surface area contributed by atoms with E-state index < -0.39 is 12.0 Å². The zero-order valence-electron chi connectivity index (χ0n) is 17.7. The van der Waals surface area contributed by atoms with Gasteiger partial charge in [0.05, 0.1) is 23.4 Å². The lowest BCUT2D eigenvalue weighted by molar-refractivity contribution is -0.143. The monoisotopic (exact) mass is 428 g/mol. The van der Waals surface area contributed by atoms with Crippen LogP contribution in [0.2, 0.25) is 0 Å². The predicted octanol–water partition coefficient (Wildman–Crippen LogP) is 1.29. The van der Waals surface area contributed by atoms with E-state index in [-0.39, 0.29) is 35.6 Å². The highest BCUT2D eigenvalue weighted by Crippen LogP contribution is 2.28. The third-order valence-corrected chi connectivity index (χ3v) is 5.88. The maximum Gasteiger partial charge on any atom is 0.306 e. The number of nitrogens with one attached hydrogen (secondary N) is 3. The average Bonchev–Trinajstić information content (AvgIpc) is 2.74. The highest BCUT2D eigenvalue weighted by atomic mass is 16.4. The summed E-state index contributed by atoms with van der Waals surface area (Å²) < 4.78 is 0. The van der Waals surface area contributed by atoms with E-state index in [2.05, 4.69) is 20.8 Å². The lowest BCUT2D eigenvalue weighted by Crippen LogP contribution is -2.46. The maximum atomic E-state index is 12.5. The zero-order chi connectivity index (χ0) is 22.5. The molecule has 1 aliphatic rings. The van der Waals surface area contributed by atoms with E-state index in [1.54, 1.807) is 19.1 Å². The molecule has 1 aliphatic carbocycles. The van der Waals surface area contributed by atoms with Crippen molar-refractivity contribution >= 4 is 28.6 Å². The molecular weight excluding hydrogens is 400 g/mol. The number of hydrogen-bond donors (Lipinski definition) is 4. The number of rotatable bonds is 7. The van der Waals surface area contributed by atoms with Crippen LogP contribution in [0.15, 0.2) is 23.0 Å². The Bertz CT molecular complexity index is 1040. The Morgan fingerprint density at radius 3 is 2.58 bits per heavy atom. The molecule has 4 N–H and O–H groups in total. The van der Waals surface area contributed by atoms with Gasteiger partial charge in [-0.05, 0) is 51.5 Å². The second-order valence-corrected chi connectivity index (χ2v) is 8.32. The van der Waals surface area contributed by atoms with Crippen LogP contribution in [0, 0.1) is 18.8 Å². The van der Waals surface area contributed by atoms with Gasteiger partial charge < -0.3 is 15.7 Å². The molecular formula is C22H28N4O5. The van der Waals surface area contributed by atoms with Crippen molar-refractivity contribution in [1.82, 2.24) is 20.8 Å². The van der Waals surface area contributed by atoms with Crippen molar-refractivity contribution in [2.24, 2.45) is 11.8 Å². The van der Waals surface area contributed by atoms with Gasteiger partial charge in [0.25, 0.3) is 5.56 Å². The summed E-state index contributed by atoms with van der Waals surface area (Å²) >= 11 is 0. The second kappa shape index (κ2) is 9.72. The second-order valence-electron chi connectivity index (χ2n) is 8.32. The number of amides is 2. The fourth-order valence-corrected chi connectivity index (χ4v) is 3.99. The number of aromatic nitrogens is 2. The molecule has 1 atom stereocenters. The molecule has 3 rings (SSSR count). The number of fused-ring (bicyclic) bond motifs is 1. The van der Waals surface area contributed by atoms with Crippen LogP contribution in [0.4, 0.5) is 0 Å². The number of carboxylic acid groups (broad SMARTS) is 1. The Hall–Kier alpha value is -3.23. The van der Waals surface area contributed by atoms with Gasteiger partial charge in [-0.3, -0.25) is 19.2 Å². The lowest BCUT2D eigenvalue weighted by atomic mass is 9.82. The first-order chi connectivity index (χ1) is 14.7. The minimum Gasteiger partial charge on any atom is -0.481 e. The average molecular weight is 428 g/mol. The molecule has 9 nitrogen and oxygen atoms in total. The van der Waals surface area contributed by atoms with E-state index in [1.807, 2.05) is 13.0 Å². The molecule has 1 aromatic heterocycles. The molecule has 166 valence electrons. The third kappa shape index (κ3) is 5.68. The largest absolute Gasteiger partial charge is 0.481 e. The number of aryl methyl sites for hydroxylation is 1. The van der Waals surface area contributed by atoms with Crippen molar-refractivity contribution in [3.05, 3.63) is 39.8 Å². The number of hydrogen-bond acceptors (Lipinski definition) is 5. The molecule has 1 saturated carbocycles. The summed E-state index contributed by atoms with van der Waals surface area (Å²) in [5.74, 6) is -1.44. The molecule has 9 heteroatoms. The van der Waals surface area contributed by atoms with Crippen LogP contribution in [0.5, 0.6) is 0 Å². The first-order valence-electron chi connectivity index (χ1n) is 10.5. The summed E-state index contributed by atoms with van der Waals surface area (Å²) in [6.07, 6.45) is 2.72. The lowest BCUT2D eigenvalue weighted by Gasteiger charge is -2.26. The minimum absolute atomic E-state index is 0.0623. The number of benzene rings is 1. The summed E-state index contributed by atoms with van der Waals surface area (Å²) in [4.78, 5) is 47.8. The van der Waals surface area contributed by atoms with Gasteiger partial charge in [0, 0.05) is 11.9 Å². The normalized spacial score (nSPS) is 19.5. The molecule has 0 bridgehead atoms. The molecule has 0 spiro atoms. The summed E-state index contributed by atoms with van der Waals surface area (Å²) in [7, 11) is 0. The Kier molecular flexibility index (Phi) is 7.04. The van der Waals surface area contributed by atoms with E-state index in [0.717, 1.165) is 18.4 Å². The topological polar surface area (TPSA) is 141 Å². The van der Waals surface area contributed by atoms with Crippen molar-refractivity contribution in [2.75, 3.05) is 6.54 Å². The predicted molar refractivity (Wildman–Crippen MR) is 115 cm³/mol. The first-order valence-corrected chi connectivity index (χ1v) is 10.5. The zero-order valence-corrected chi connectivity index (χ0v) is 17.7. The van der Waals surface area contributed by atoms with E-state index in [0.29, 0.717) is 35.9 Å². The number of carbonyl (C=O) groups excluding carboxylic acids is 2. The Balaban J connectivity index is 1.51.